The summed E-state index contributed by atoms with van der Waals surface area (Å²) >= 11 is 0. The van der Waals surface area contributed by atoms with Crippen LogP contribution >= 0.6 is 0 Å². The normalized spacial score (nSPS) is 18.4. The van der Waals surface area contributed by atoms with Crippen molar-refractivity contribution in [2.45, 2.75) is 38.8 Å². The predicted octanol–water partition coefficient (Wildman–Crippen LogP) is 2.40. The van der Waals surface area contributed by atoms with Gasteiger partial charge in [0.15, 0.2) is 0 Å². The van der Waals surface area contributed by atoms with Crippen LogP contribution in [0.25, 0.3) is 0 Å². The van der Waals surface area contributed by atoms with E-state index in [2.05, 4.69) is 42.7 Å². The molecule has 0 atom stereocenters. The Morgan fingerprint density at radius 3 is 2.89 bits per heavy atom. The molecule has 0 spiro atoms. The van der Waals surface area contributed by atoms with E-state index < -0.39 is 0 Å². The van der Waals surface area contributed by atoms with Gasteiger partial charge >= 0.3 is 0 Å². The quantitative estimate of drug-likeness (QED) is 0.806. The fourth-order valence-electron chi connectivity index (χ4n) is 2.57. The van der Waals surface area contributed by atoms with Crippen LogP contribution < -0.4 is 0 Å². The number of benzene rings is 1. The van der Waals surface area contributed by atoms with Crippen LogP contribution in [0, 0.1) is 11.8 Å². The molecule has 0 radical (unpaired) electrons. The first-order valence-electron chi connectivity index (χ1n) is 6.55. The molecule has 1 aliphatic rings. The molecule has 2 rings (SSSR count). The maximum Gasteiger partial charge on any atom is 0.104 e. The standard InChI is InChI=1S/C16H21NO/c1-16(2)9-5-10-17(16)13-15-7-3-6-14(12-15)8-4-11-18/h3,6-7,12,18H,5,9-11,13H2,1-2H3. The zero-order valence-corrected chi connectivity index (χ0v) is 11.2. The first-order valence-corrected chi connectivity index (χ1v) is 6.55. The molecule has 0 aliphatic carbocycles. The van der Waals surface area contributed by atoms with Crippen molar-refractivity contribution in [3.8, 4) is 11.8 Å². The van der Waals surface area contributed by atoms with Gasteiger partial charge in [0.1, 0.15) is 6.61 Å². The van der Waals surface area contributed by atoms with Gasteiger partial charge in [-0.25, -0.2) is 0 Å². The molecule has 1 aromatic rings. The summed E-state index contributed by atoms with van der Waals surface area (Å²) in [5.41, 5.74) is 2.60. The highest BCUT2D eigenvalue weighted by atomic mass is 16.2. The van der Waals surface area contributed by atoms with E-state index in [0.29, 0.717) is 5.54 Å². The minimum atomic E-state index is -0.0800. The smallest absolute Gasteiger partial charge is 0.104 e. The lowest BCUT2D eigenvalue weighted by Crippen LogP contribution is -2.37. The number of hydrogen-bond donors (Lipinski definition) is 1. The van der Waals surface area contributed by atoms with E-state index in [1.807, 2.05) is 12.1 Å². The molecular formula is C16H21NO. The molecule has 0 amide bonds. The van der Waals surface area contributed by atoms with Crippen molar-refractivity contribution in [3.05, 3.63) is 35.4 Å². The largest absolute Gasteiger partial charge is 0.384 e. The zero-order valence-electron chi connectivity index (χ0n) is 11.2. The maximum absolute atomic E-state index is 8.71. The molecule has 0 unspecified atom stereocenters. The van der Waals surface area contributed by atoms with E-state index in [1.165, 1.54) is 24.9 Å². The predicted molar refractivity (Wildman–Crippen MR) is 74.1 cm³/mol. The van der Waals surface area contributed by atoms with Gasteiger partial charge < -0.3 is 5.11 Å². The number of rotatable bonds is 2. The second-order valence-corrected chi connectivity index (χ2v) is 5.50. The highest BCUT2D eigenvalue weighted by molar-refractivity contribution is 5.37. The van der Waals surface area contributed by atoms with Crippen molar-refractivity contribution in [1.29, 1.82) is 0 Å². The van der Waals surface area contributed by atoms with Crippen LogP contribution in [0.5, 0.6) is 0 Å². The van der Waals surface area contributed by atoms with E-state index >= 15 is 0 Å². The van der Waals surface area contributed by atoms with Gasteiger partial charge in [-0.3, -0.25) is 4.90 Å². The molecule has 0 aromatic heterocycles. The van der Waals surface area contributed by atoms with Gasteiger partial charge in [-0.1, -0.05) is 24.0 Å². The van der Waals surface area contributed by atoms with Crippen LogP contribution in [0.2, 0.25) is 0 Å². The molecule has 0 saturated carbocycles. The Bertz CT molecular complexity index is 467. The minimum absolute atomic E-state index is 0.0800. The zero-order chi connectivity index (χ0) is 13.0. The van der Waals surface area contributed by atoms with Gasteiger partial charge in [-0.05, 0) is 50.9 Å². The van der Waals surface area contributed by atoms with Crippen molar-refractivity contribution in [2.24, 2.45) is 0 Å². The maximum atomic E-state index is 8.71. The number of likely N-dealkylation sites (tertiary alicyclic amines) is 1. The van der Waals surface area contributed by atoms with E-state index in [9.17, 15) is 0 Å². The van der Waals surface area contributed by atoms with Crippen molar-refractivity contribution >= 4 is 0 Å². The summed E-state index contributed by atoms with van der Waals surface area (Å²) in [5.74, 6) is 5.66. The molecule has 1 saturated heterocycles. The molecule has 2 heteroatoms. The highest BCUT2D eigenvalue weighted by Gasteiger charge is 2.31. The molecule has 18 heavy (non-hydrogen) atoms. The molecule has 2 nitrogen and oxygen atoms in total. The lowest BCUT2D eigenvalue weighted by Gasteiger charge is -2.31. The average Bonchev–Trinajstić information content (AvgIpc) is 2.67. The third-order valence-electron chi connectivity index (χ3n) is 3.68. The first-order chi connectivity index (χ1) is 8.62. The topological polar surface area (TPSA) is 23.5 Å². The number of aliphatic hydroxyl groups is 1. The van der Waals surface area contributed by atoms with Crippen LogP contribution in [0.15, 0.2) is 24.3 Å². The number of nitrogens with zero attached hydrogens (tertiary/aromatic N) is 1. The summed E-state index contributed by atoms with van der Waals surface area (Å²) in [4.78, 5) is 2.53. The Balaban J connectivity index is 2.10. The Kier molecular flexibility index (Phi) is 4.06. The lowest BCUT2D eigenvalue weighted by molar-refractivity contribution is 0.166. The van der Waals surface area contributed by atoms with Gasteiger partial charge in [-0.2, -0.15) is 0 Å². The van der Waals surface area contributed by atoms with Crippen LogP contribution in [0.4, 0.5) is 0 Å². The Morgan fingerprint density at radius 1 is 1.39 bits per heavy atom. The first kappa shape index (κ1) is 13.1. The Labute approximate surface area is 110 Å². The molecular weight excluding hydrogens is 222 g/mol. The van der Waals surface area contributed by atoms with Gasteiger partial charge in [0, 0.05) is 17.6 Å². The van der Waals surface area contributed by atoms with Crippen LogP contribution in [-0.2, 0) is 6.54 Å². The second kappa shape index (κ2) is 5.56. The number of hydrogen-bond acceptors (Lipinski definition) is 2. The molecule has 1 aliphatic heterocycles. The number of aliphatic hydroxyl groups excluding tert-OH is 1. The van der Waals surface area contributed by atoms with E-state index in [-0.39, 0.29) is 6.61 Å². The molecule has 1 aromatic carbocycles. The van der Waals surface area contributed by atoms with Crippen molar-refractivity contribution in [3.63, 3.8) is 0 Å². The van der Waals surface area contributed by atoms with Crippen LogP contribution in [-0.4, -0.2) is 28.7 Å². The van der Waals surface area contributed by atoms with Gasteiger partial charge in [0.05, 0.1) is 0 Å². The van der Waals surface area contributed by atoms with E-state index in [1.54, 1.807) is 0 Å². The van der Waals surface area contributed by atoms with Gasteiger partial charge in [-0.15, -0.1) is 0 Å². The van der Waals surface area contributed by atoms with Gasteiger partial charge in [0.25, 0.3) is 0 Å². The summed E-state index contributed by atoms with van der Waals surface area (Å²) in [7, 11) is 0. The molecule has 0 bridgehead atoms. The fraction of sp³-hybridized carbons (Fsp3) is 0.500. The van der Waals surface area contributed by atoms with Crippen molar-refractivity contribution < 1.29 is 5.11 Å². The summed E-state index contributed by atoms with van der Waals surface area (Å²) < 4.78 is 0. The third-order valence-corrected chi connectivity index (χ3v) is 3.68. The van der Waals surface area contributed by atoms with E-state index in [4.69, 9.17) is 5.11 Å². The third kappa shape index (κ3) is 3.13. The highest BCUT2D eigenvalue weighted by Crippen LogP contribution is 2.29. The second-order valence-electron chi connectivity index (χ2n) is 5.50. The summed E-state index contributed by atoms with van der Waals surface area (Å²) in [5, 5.41) is 8.71. The molecule has 1 fully saturated rings. The van der Waals surface area contributed by atoms with E-state index in [0.717, 1.165) is 12.1 Å². The molecule has 1 heterocycles. The summed E-state index contributed by atoms with van der Waals surface area (Å²) in [6.45, 7) is 6.72. The summed E-state index contributed by atoms with van der Waals surface area (Å²) in [6.07, 6.45) is 2.56. The Morgan fingerprint density at radius 2 is 2.22 bits per heavy atom. The summed E-state index contributed by atoms with van der Waals surface area (Å²) in [6, 6.07) is 8.30. The molecule has 96 valence electrons. The molecule has 1 N–H and O–H groups in total. The monoisotopic (exact) mass is 243 g/mol. The Hall–Kier alpha value is -1.30. The van der Waals surface area contributed by atoms with Crippen molar-refractivity contribution in [2.75, 3.05) is 13.2 Å². The van der Waals surface area contributed by atoms with Gasteiger partial charge in [0.2, 0.25) is 0 Å². The fourth-order valence-corrected chi connectivity index (χ4v) is 2.57. The average molecular weight is 243 g/mol. The van der Waals surface area contributed by atoms with Crippen molar-refractivity contribution in [1.82, 2.24) is 4.90 Å². The minimum Gasteiger partial charge on any atom is -0.384 e. The van der Waals surface area contributed by atoms with Crippen LogP contribution in [0.3, 0.4) is 0 Å². The lowest BCUT2D eigenvalue weighted by atomic mass is 10.0. The SMILES string of the molecule is CC1(C)CCCN1Cc1cccc(C#CCO)c1. The van der Waals surface area contributed by atoms with Crippen LogP contribution in [0.1, 0.15) is 37.8 Å².